The number of carbonyl (C=O) groups is 1. The maximum Gasteiger partial charge on any atom is 0.320 e. The molecule has 0 amide bonds. The number of hydrogen-bond acceptors (Lipinski definition) is 3. The summed E-state index contributed by atoms with van der Waals surface area (Å²) in [5.41, 5.74) is 0. The van der Waals surface area contributed by atoms with Crippen LogP contribution >= 0.6 is 0 Å². The summed E-state index contributed by atoms with van der Waals surface area (Å²) in [6.07, 6.45) is 3.06. The Hall–Kier alpha value is -0.570. The first-order valence-electron chi connectivity index (χ1n) is 5.53. The molecule has 0 saturated heterocycles. The van der Waals surface area contributed by atoms with E-state index in [1.54, 1.807) is 0 Å². The first-order valence-corrected chi connectivity index (χ1v) is 5.53. The fraction of sp³-hybridized carbons (Fsp3) is 0.909. The van der Waals surface area contributed by atoms with Crippen molar-refractivity contribution in [1.29, 1.82) is 0 Å². The van der Waals surface area contributed by atoms with E-state index in [1.807, 2.05) is 6.92 Å². The molecular formula is C11H23NO2. The van der Waals surface area contributed by atoms with Crippen LogP contribution in [0.5, 0.6) is 0 Å². The lowest BCUT2D eigenvalue weighted by molar-refractivity contribution is -0.147. The second kappa shape index (κ2) is 7.80. The van der Waals surface area contributed by atoms with Crippen LogP contribution in [0.1, 0.15) is 47.0 Å². The van der Waals surface area contributed by atoms with E-state index < -0.39 is 0 Å². The van der Waals surface area contributed by atoms with Gasteiger partial charge in [0.25, 0.3) is 0 Å². The number of nitrogens with one attached hydrogen (secondary N) is 1. The number of carbonyl (C=O) groups excluding carboxylic acids is 1. The molecule has 0 heterocycles. The summed E-state index contributed by atoms with van der Waals surface area (Å²) in [4.78, 5) is 11.3. The highest BCUT2D eigenvalue weighted by Crippen LogP contribution is 2.00. The van der Waals surface area contributed by atoms with Crippen molar-refractivity contribution in [2.45, 2.75) is 59.1 Å². The van der Waals surface area contributed by atoms with Crippen molar-refractivity contribution in [1.82, 2.24) is 5.32 Å². The minimum Gasteiger partial charge on any atom is -0.462 e. The summed E-state index contributed by atoms with van der Waals surface area (Å²) in [6, 6.07) is 0.379. The summed E-state index contributed by atoms with van der Waals surface area (Å²) in [5, 5.41) is 3.10. The van der Waals surface area contributed by atoms with Crippen LogP contribution in [0.4, 0.5) is 0 Å². The Morgan fingerprint density at radius 1 is 1.36 bits per heavy atom. The molecule has 2 atom stereocenters. The van der Waals surface area contributed by atoms with Crippen molar-refractivity contribution in [3.05, 3.63) is 0 Å². The minimum absolute atomic E-state index is 0.0474. The van der Waals surface area contributed by atoms with Gasteiger partial charge in [0.1, 0.15) is 0 Å². The zero-order valence-corrected chi connectivity index (χ0v) is 9.80. The average molecular weight is 201 g/mol. The lowest BCUT2D eigenvalue weighted by Crippen LogP contribution is -2.33. The molecule has 14 heavy (non-hydrogen) atoms. The highest BCUT2D eigenvalue weighted by atomic mass is 16.5. The van der Waals surface area contributed by atoms with Gasteiger partial charge < -0.3 is 10.1 Å². The Morgan fingerprint density at radius 2 is 2.00 bits per heavy atom. The standard InChI is InChI=1S/C11H23NO2/c1-5-7-10(4)14-11(13)8-12-9(3)6-2/h9-10,12H,5-8H2,1-4H3. The molecule has 0 fully saturated rings. The molecule has 0 aliphatic rings. The maximum atomic E-state index is 11.3. The molecule has 3 nitrogen and oxygen atoms in total. The first-order chi connectivity index (χ1) is 6.60. The maximum absolute atomic E-state index is 11.3. The Bertz CT molecular complexity index is 159. The Morgan fingerprint density at radius 3 is 2.50 bits per heavy atom. The highest BCUT2D eigenvalue weighted by Gasteiger charge is 2.09. The zero-order chi connectivity index (χ0) is 11.0. The summed E-state index contributed by atoms with van der Waals surface area (Å²) in [5.74, 6) is -0.147. The van der Waals surface area contributed by atoms with Gasteiger partial charge in [-0.05, 0) is 26.7 Å². The fourth-order valence-electron chi connectivity index (χ4n) is 1.13. The molecule has 0 aliphatic carbocycles. The van der Waals surface area contributed by atoms with E-state index >= 15 is 0 Å². The van der Waals surface area contributed by atoms with E-state index in [9.17, 15) is 4.79 Å². The van der Waals surface area contributed by atoms with E-state index in [0.717, 1.165) is 19.3 Å². The largest absolute Gasteiger partial charge is 0.462 e. The summed E-state index contributed by atoms with van der Waals surface area (Å²) >= 11 is 0. The van der Waals surface area contributed by atoms with Gasteiger partial charge in [0, 0.05) is 6.04 Å². The van der Waals surface area contributed by atoms with E-state index in [2.05, 4.69) is 26.1 Å². The molecule has 2 unspecified atom stereocenters. The molecule has 84 valence electrons. The van der Waals surface area contributed by atoms with Crippen LogP contribution in [0.15, 0.2) is 0 Å². The Labute approximate surface area is 87.2 Å². The molecule has 0 aromatic carbocycles. The molecule has 0 radical (unpaired) electrons. The van der Waals surface area contributed by atoms with Gasteiger partial charge in [0.05, 0.1) is 12.6 Å². The zero-order valence-electron chi connectivity index (χ0n) is 9.80. The quantitative estimate of drug-likeness (QED) is 0.641. The third-order valence-electron chi connectivity index (χ3n) is 2.24. The monoisotopic (exact) mass is 201 g/mol. The van der Waals surface area contributed by atoms with Crippen LogP contribution in [0.25, 0.3) is 0 Å². The molecule has 0 aromatic heterocycles. The molecular weight excluding hydrogens is 178 g/mol. The molecule has 0 aliphatic heterocycles. The smallest absolute Gasteiger partial charge is 0.320 e. The topological polar surface area (TPSA) is 38.3 Å². The molecule has 3 heteroatoms. The lowest BCUT2D eigenvalue weighted by atomic mass is 10.2. The van der Waals surface area contributed by atoms with Gasteiger partial charge in [-0.15, -0.1) is 0 Å². The Kier molecular flexibility index (Phi) is 7.48. The van der Waals surface area contributed by atoms with Gasteiger partial charge in [-0.1, -0.05) is 20.3 Å². The van der Waals surface area contributed by atoms with E-state index in [1.165, 1.54) is 0 Å². The number of esters is 1. The van der Waals surface area contributed by atoms with Gasteiger partial charge in [0.15, 0.2) is 0 Å². The van der Waals surface area contributed by atoms with Crippen LogP contribution < -0.4 is 5.32 Å². The fourth-order valence-corrected chi connectivity index (χ4v) is 1.13. The highest BCUT2D eigenvalue weighted by molar-refractivity contribution is 5.71. The molecule has 0 spiro atoms. The van der Waals surface area contributed by atoms with Crippen molar-refractivity contribution in [2.75, 3.05) is 6.54 Å². The van der Waals surface area contributed by atoms with Gasteiger partial charge in [-0.2, -0.15) is 0 Å². The molecule has 0 bridgehead atoms. The number of ether oxygens (including phenoxy) is 1. The summed E-state index contributed by atoms with van der Waals surface area (Å²) in [6.45, 7) is 8.49. The van der Waals surface area contributed by atoms with Crippen molar-refractivity contribution in [2.24, 2.45) is 0 Å². The third-order valence-corrected chi connectivity index (χ3v) is 2.24. The molecule has 0 aromatic rings. The predicted molar refractivity (Wildman–Crippen MR) is 58.2 cm³/mol. The van der Waals surface area contributed by atoms with Crippen molar-refractivity contribution in [3.63, 3.8) is 0 Å². The number of rotatable bonds is 7. The normalized spacial score (nSPS) is 14.9. The Balaban J connectivity index is 3.54. The lowest BCUT2D eigenvalue weighted by Gasteiger charge is -2.14. The van der Waals surface area contributed by atoms with Gasteiger partial charge >= 0.3 is 5.97 Å². The van der Waals surface area contributed by atoms with Crippen molar-refractivity contribution in [3.8, 4) is 0 Å². The molecule has 0 saturated carbocycles. The third kappa shape index (κ3) is 6.89. The summed E-state index contributed by atoms with van der Waals surface area (Å²) < 4.78 is 5.18. The first kappa shape index (κ1) is 13.4. The van der Waals surface area contributed by atoms with Crippen LogP contribution in [0, 0.1) is 0 Å². The van der Waals surface area contributed by atoms with E-state index in [4.69, 9.17) is 4.74 Å². The van der Waals surface area contributed by atoms with Crippen LogP contribution in [0.2, 0.25) is 0 Å². The van der Waals surface area contributed by atoms with Crippen molar-refractivity contribution < 1.29 is 9.53 Å². The van der Waals surface area contributed by atoms with Crippen molar-refractivity contribution >= 4 is 5.97 Å². The SMILES string of the molecule is CCCC(C)OC(=O)CNC(C)CC. The summed E-state index contributed by atoms with van der Waals surface area (Å²) in [7, 11) is 0. The van der Waals surface area contributed by atoms with E-state index in [0.29, 0.717) is 12.6 Å². The van der Waals surface area contributed by atoms with Crippen LogP contribution in [-0.2, 0) is 9.53 Å². The average Bonchev–Trinajstić information content (AvgIpc) is 2.14. The van der Waals surface area contributed by atoms with E-state index in [-0.39, 0.29) is 12.1 Å². The van der Waals surface area contributed by atoms with Gasteiger partial charge in [0.2, 0.25) is 0 Å². The van der Waals surface area contributed by atoms with Crippen LogP contribution in [-0.4, -0.2) is 24.7 Å². The second-order valence-corrected chi connectivity index (χ2v) is 3.78. The minimum atomic E-state index is -0.147. The molecule has 1 N–H and O–H groups in total. The number of hydrogen-bond donors (Lipinski definition) is 1. The van der Waals surface area contributed by atoms with Crippen LogP contribution in [0.3, 0.4) is 0 Å². The van der Waals surface area contributed by atoms with Gasteiger partial charge in [-0.25, -0.2) is 0 Å². The second-order valence-electron chi connectivity index (χ2n) is 3.78. The van der Waals surface area contributed by atoms with Gasteiger partial charge in [-0.3, -0.25) is 4.79 Å². The predicted octanol–water partition coefficient (Wildman–Crippen LogP) is 2.11. The molecule has 0 rings (SSSR count).